The molecule has 0 spiro atoms. The van der Waals surface area contributed by atoms with Crippen LogP contribution in [0.1, 0.15) is 6.42 Å². The summed E-state index contributed by atoms with van der Waals surface area (Å²) in [6, 6.07) is 9.59. The zero-order valence-corrected chi connectivity index (χ0v) is 11.5. The van der Waals surface area contributed by atoms with Gasteiger partial charge in [-0.2, -0.15) is 0 Å². The normalized spacial score (nSPS) is 11.2. The van der Waals surface area contributed by atoms with Gasteiger partial charge in [-0.3, -0.25) is 4.79 Å². The maximum absolute atomic E-state index is 11.4. The molecule has 0 aliphatic carbocycles. The lowest BCUT2D eigenvalue weighted by Crippen LogP contribution is -2.28. The van der Waals surface area contributed by atoms with Gasteiger partial charge in [-0.1, -0.05) is 18.2 Å². The van der Waals surface area contributed by atoms with E-state index in [1.54, 1.807) is 0 Å². The van der Waals surface area contributed by atoms with Crippen LogP contribution in [-0.4, -0.2) is 32.4 Å². The number of hydrogen-bond acceptors (Lipinski definition) is 4. The number of carbonyl (C=O) groups excluding carboxylic acids is 1. The Balaban J connectivity index is 2.15. The summed E-state index contributed by atoms with van der Waals surface area (Å²) >= 11 is 1.44. The second-order valence-electron chi connectivity index (χ2n) is 3.67. The molecule has 1 aromatic carbocycles. The van der Waals surface area contributed by atoms with Gasteiger partial charge in [0.2, 0.25) is 15.9 Å². The molecule has 18 heavy (non-hydrogen) atoms. The maximum Gasteiger partial charge on any atom is 0.230 e. The van der Waals surface area contributed by atoms with E-state index in [2.05, 4.69) is 5.32 Å². The second kappa shape index (κ2) is 7.40. The van der Waals surface area contributed by atoms with Crippen LogP contribution in [0.15, 0.2) is 35.2 Å². The van der Waals surface area contributed by atoms with Crippen LogP contribution in [0.4, 0.5) is 0 Å². The summed E-state index contributed by atoms with van der Waals surface area (Å²) in [7, 11) is -3.43. The summed E-state index contributed by atoms with van der Waals surface area (Å²) < 4.78 is 21.3. The number of hydrogen-bond donors (Lipinski definition) is 2. The van der Waals surface area contributed by atoms with Crippen LogP contribution >= 0.6 is 11.8 Å². The number of benzene rings is 1. The first-order valence-electron chi connectivity index (χ1n) is 5.42. The zero-order chi connectivity index (χ0) is 13.4. The Morgan fingerprint density at radius 2 is 1.94 bits per heavy atom. The Labute approximate surface area is 111 Å². The third-order valence-corrected chi connectivity index (χ3v) is 3.91. The van der Waals surface area contributed by atoms with E-state index < -0.39 is 10.0 Å². The van der Waals surface area contributed by atoms with Crippen molar-refractivity contribution in [1.29, 1.82) is 0 Å². The molecule has 0 atom stereocenters. The Kier molecular flexibility index (Phi) is 6.17. The molecule has 0 aromatic heterocycles. The fourth-order valence-corrected chi connectivity index (χ4v) is 2.51. The monoisotopic (exact) mass is 288 g/mol. The van der Waals surface area contributed by atoms with Crippen molar-refractivity contribution in [3.63, 3.8) is 0 Å². The molecule has 0 fully saturated rings. The Morgan fingerprint density at radius 3 is 2.56 bits per heavy atom. The smallest absolute Gasteiger partial charge is 0.230 e. The maximum atomic E-state index is 11.4. The summed E-state index contributed by atoms with van der Waals surface area (Å²) in [6.07, 6.45) is 0.334. The van der Waals surface area contributed by atoms with E-state index in [0.29, 0.717) is 18.7 Å². The summed E-state index contributed by atoms with van der Waals surface area (Å²) in [5, 5.41) is 7.49. The van der Waals surface area contributed by atoms with Crippen molar-refractivity contribution >= 4 is 27.7 Å². The molecule has 0 heterocycles. The minimum absolute atomic E-state index is 0.112. The van der Waals surface area contributed by atoms with Crippen molar-refractivity contribution in [2.45, 2.75) is 11.3 Å². The standard InChI is InChI=1S/C11H16N2O3S2/c12-18(15,16)8-4-7-13-11(14)9-17-10-5-2-1-3-6-10/h1-3,5-6H,4,7-9H2,(H,13,14)(H2,12,15,16). The minimum Gasteiger partial charge on any atom is -0.355 e. The number of sulfonamides is 1. The largest absolute Gasteiger partial charge is 0.355 e. The highest BCUT2D eigenvalue weighted by molar-refractivity contribution is 8.00. The molecular weight excluding hydrogens is 272 g/mol. The zero-order valence-electron chi connectivity index (χ0n) is 9.83. The number of thioether (sulfide) groups is 1. The lowest BCUT2D eigenvalue weighted by atomic mass is 10.4. The van der Waals surface area contributed by atoms with E-state index in [1.807, 2.05) is 30.3 Å². The van der Waals surface area contributed by atoms with Crippen molar-refractivity contribution in [2.24, 2.45) is 5.14 Å². The quantitative estimate of drug-likeness (QED) is 0.567. The molecule has 1 aromatic rings. The van der Waals surface area contributed by atoms with Gasteiger partial charge in [-0.15, -0.1) is 11.8 Å². The van der Waals surface area contributed by atoms with Crippen molar-refractivity contribution in [3.8, 4) is 0 Å². The summed E-state index contributed by atoms with van der Waals surface area (Å²) in [5.74, 6) is 0.0941. The van der Waals surface area contributed by atoms with Gasteiger partial charge in [-0.25, -0.2) is 13.6 Å². The van der Waals surface area contributed by atoms with Gasteiger partial charge in [0.15, 0.2) is 0 Å². The SMILES string of the molecule is NS(=O)(=O)CCCNC(=O)CSc1ccccc1. The van der Waals surface area contributed by atoms with Crippen molar-refractivity contribution in [1.82, 2.24) is 5.32 Å². The molecule has 1 amide bonds. The van der Waals surface area contributed by atoms with E-state index >= 15 is 0 Å². The van der Waals surface area contributed by atoms with E-state index in [0.717, 1.165) is 4.90 Å². The molecule has 0 bridgehead atoms. The van der Waals surface area contributed by atoms with Crippen molar-refractivity contribution < 1.29 is 13.2 Å². The highest BCUT2D eigenvalue weighted by atomic mass is 32.2. The molecule has 7 heteroatoms. The van der Waals surface area contributed by atoms with E-state index in [4.69, 9.17) is 5.14 Å². The lowest BCUT2D eigenvalue weighted by Gasteiger charge is -2.04. The number of nitrogens with two attached hydrogens (primary N) is 1. The molecule has 0 radical (unpaired) electrons. The molecular formula is C11H16N2O3S2. The second-order valence-corrected chi connectivity index (χ2v) is 6.45. The van der Waals surface area contributed by atoms with E-state index in [9.17, 15) is 13.2 Å². The number of rotatable bonds is 7. The molecule has 0 aliphatic rings. The van der Waals surface area contributed by atoms with Crippen LogP contribution in [0.2, 0.25) is 0 Å². The van der Waals surface area contributed by atoms with Gasteiger partial charge in [-0.05, 0) is 18.6 Å². The molecule has 0 saturated carbocycles. The Morgan fingerprint density at radius 1 is 1.28 bits per heavy atom. The van der Waals surface area contributed by atoms with Crippen LogP contribution in [0.3, 0.4) is 0 Å². The van der Waals surface area contributed by atoms with Crippen LogP contribution < -0.4 is 10.5 Å². The topological polar surface area (TPSA) is 89.3 Å². The van der Waals surface area contributed by atoms with Crippen molar-refractivity contribution in [2.75, 3.05) is 18.1 Å². The van der Waals surface area contributed by atoms with Gasteiger partial charge in [0.1, 0.15) is 0 Å². The summed E-state index contributed by atoms with van der Waals surface area (Å²) in [5.41, 5.74) is 0. The van der Waals surface area contributed by atoms with Crippen LogP contribution in [0.25, 0.3) is 0 Å². The third kappa shape index (κ3) is 7.31. The summed E-state index contributed by atoms with van der Waals surface area (Å²) in [6.45, 7) is 0.324. The van der Waals surface area contributed by atoms with Crippen LogP contribution in [0.5, 0.6) is 0 Å². The van der Waals surface area contributed by atoms with Crippen molar-refractivity contribution in [3.05, 3.63) is 30.3 Å². The van der Waals surface area contributed by atoms with Gasteiger partial charge in [0.05, 0.1) is 11.5 Å². The first-order chi connectivity index (χ1) is 8.47. The number of primary sulfonamides is 1. The molecule has 100 valence electrons. The first kappa shape index (κ1) is 15.0. The number of nitrogens with one attached hydrogen (secondary N) is 1. The fraction of sp³-hybridized carbons (Fsp3) is 0.364. The van der Waals surface area contributed by atoms with Crippen LogP contribution in [0, 0.1) is 0 Å². The van der Waals surface area contributed by atoms with Crippen LogP contribution in [-0.2, 0) is 14.8 Å². The predicted octanol–water partition coefficient (Wildman–Crippen LogP) is 0.574. The molecule has 3 N–H and O–H groups in total. The molecule has 0 saturated heterocycles. The average molecular weight is 288 g/mol. The average Bonchev–Trinajstić information content (AvgIpc) is 2.32. The summed E-state index contributed by atoms with van der Waals surface area (Å²) in [4.78, 5) is 12.5. The van der Waals surface area contributed by atoms with Gasteiger partial charge < -0.3 is 5.32 Å². The highest BCUT2D eigenvalue weighted by Gasteiger charge is 2.04. The molecule has 5 nitrogen and oxygen atoms in total. The van der Waals surface area contributed by atoms with E-state index in [1.165, 1.54) is 11.8 Å². The lowest BCUT2D eigenvalue weighted by molar-refractivity contribution is -0.118. The van der Waals surface area contributed by atoms with Gasteiger partial charge in [0, 0.05) is 11.4 Å². The predicted molar refractivity (Wildman–Crippen MR) is 72.8 cm³/mol. The first-order valence-corrected chi connectivity index (χ1v) is 8.12. The number of amides is 1. The van der Waals surface area contributed by atoms with Gasteiger partial charge in [0.25, 0.3) is 0 Å². The molecule has 0 aliphatic heterocycles. The molecule has 1 rings (SSSR count). The Bertz CT molecular complexity index is 474. The fourth-order valence-electron chi connectivity index (χ4n) is 1.22. The Hall–Kier alpha value is -1.05. The third-order valence-electron chi connectivity index (χ3n) is 2.04. The van der Waals surface area contributed by atoms with Gasteiger partial charge >= 0.3 is 0 Å². The minimum atomic E-state index is -3.43. The highest BCUT2D eigenvalue weighted by Crippen LogP contribution is 2.15. The van der Waals surface area contributed by atoms with E-state index in [-0.39, 0.29) is 11.7 Å². The molecule has 0 unspecified atom stereocenters. The number of carbonyl (C=O) groups is 1.